The number of carbonyl (C=O) groups is 6. The van der Waals surface area contributed by atoms with Crippen molar-refractivity contribution in [2.75, 3.05) is 0 Å². The lowest BCUT2D eigenvalue weighted by atomic mass is 10.5. The summed E-state index contributed by atoms with van der Waals surface area (Å²) < 4.78 is 9.05. The number of aromatic nitrogens is 3. The molecule has 0 amide bonds. The number of ether oxygens (including phenoxy) is 2. The normalized spacial score (nSPS) is 10.3. The maximum Gasteiger partial charge on any atom is 0.375 e. The first kappa shape index (κ1) is 21.8. The maximum absolute atomic E-state index is 12.0. The molecule has 31 heavy (non-hydrogen) atoms. The molecule has 0 saturated heterocycles. The summed E-state index contributed by atoms with van der Waals surface area (Å²) in [7, 11) is 0. The van der Waals surface area contributed by atoms with Crippen LogP contribution in [-0.2, 0) is 9.47 Å². The molecule has 0 aliphatic carbocycles. The smallest absolute Gasteiger partial charge is 0.375 e. The molecule has 0 aliphatic heterocycles. The SMILES string of the molecule is O=C(O)c1csc(C(=O)OC(=O)c2csc(C(=O)OC(=O)c3nc(C(=O)O)cs3)n2)n1. The highest BCUT2D eigenvalue weighted by Crippen LogP contribution is 2.17. The van der Waals surface area contributed by atoms with Gasteiger partial charge in [0.25, 0.3) is 0 Å². The molecule has 16 heteroatoms. The molecule has 0 bridgehead atoms. The zero-order valence-electron chi connectivity index (χ0n) is 14.5. The summed E-state index contributed by atoms with van der Waals surface area (Å²) in [5.74, 6) is -7.64. The van der Waals surface area contributed by atoms with E-state index >= 15 is 0 Å². The van der Waals surface area contributed by atoms with Gasteiger partial charge in [-0.1, -0.05) is 0 Å². The summed E-state index contributed by atoms with van der Waals surface area (Å²) in [5, 5.41) is 19.6. The standard InChI is InChI=1S/C15H5N3O10S3/c19-10(20)4-1-29-7(16-4)13(24)27-12(23)6-3-31-9(18-6)15(26)28-14(25)8-17-5(2-30-8)11(21)22/h1-3H,(H,19,20)(H,21,22). The highest BCUT2D eigenvalue weighted by molar-refractivity contribution is 7.12. The second-order valence-electron chi connectivity index (χ2n) is 5.08. The molecular formula is C15H5N3O10S3. The van der Waals surface area contributed by atoms with E-state index in [2.05, 4.69) is 24.4 Å². The van der Waals surface area contributed by atoms with Gasteiger partial charge in [-0.15, -0.1) is 34.0 Å². The van der Waals surface area contributed by atoms with Gasteiger partial charge in [0.15, 0.2) is 17.1 Å². The van der Waals surface area contributed by atoms with Crippen molar-refractivity contribution in [3.05, 3.63) is 48.2 Å². The van der Waals surface area contributed by atoms with Gasteiger partial charge in [0, 0.05) is 16.1 Å². The number of aromatic carboxylic acids is 2. The van der Waals surface area contributed by atoms with Crippen molar-refractivity contribution in [1.82, 2.24) is 15.0 Å². The third-order valence-electron chi connectivity index (χ3n) is 3.05. The molecule has 3 heterocycles. The summed E-state index contributed by atoms with van der Waals surface area (Å²) in [4.78, 5) is 79.8. The summed E-state index contributed by atoms with van der Waals surface area (Å²) in [5.41, 5.74) is -1.25. The number of rotatable bonds is 6. The minimum atomic E-state index is -1.37. The van der Waals surface area contributed by atoms with Crippen LogP contribution in [0, 0.1) is 0 Å². The monoisotopic (exact) mass is 483 g/mol. The average molecular weight is 483 g/mol. The van der Waals surface area contributed by atoms with Crippen LogP contribution in [0.3, 0.4) is 0 Å². The Hall–Kier alpha value is -3.89. The molecular weight excluding hydrogens is 478 g/mol. The Morgan fingerprint density at radius 2 is 0.903 bits per heavy atom. The van der Waals surface area contributed by atoms with Gasteiger partial charge in [-0.25, -0.2) is 43.7 Å². The Labute approximate surface area is 181 Å². The van der Waals surface area contributed by atoms with E-state index in [1.165, 1.54) is 0 Å². The fourth-order valence-electron chi connectivity index (χ4n) is 1.74. The molecule has 0 radical (unpaired) electrons. The van der Waals surface area contributed by atoms with Gasteiger partial charge in [-0.2, -0.15) is 0 Å². The first-order valence-corrected chi connectivity index (χ1v) is 10.2. The largest absolute Gasteiger partial charge is 0.476 e. The first-order valence-electron chi connectivity index (χ1n) is 7.52. The van der Waals surface area contributed by atoms with Gasteiger partial charge >= 0.3 is 35.8 Å². The predicted molar refractivity (Wildman–Crippen MR) is 99.8 cm³/mol. The van der Waals surface area contributed by atoms with E-state index < -0.39 is 57.9 Å². The van der Waals surface area contributed by atoms with Crippen molar-refractivity contribution in [1.29, 1.82) is 0 Å². The minimum Gasteiger partial charge on any atom is -0.476 e. The Morgan fingerprint density at radius 1 is 0.581 bits per heavy atom. The number of hydrogen-bond acceptors (Lipinski definition) is 14. The van der Waals surface area contributed by atoms with E-state index in [1.807, 2.05) is 0 Å². The lowest BCUT2D eigenvalue weighted by Gasteiger charge is -1.98. The van der Waals surface area contributed by atoms with E-state index in [1.54, 1.807) is 0 Å². The van der Waals surface area contributed by atoms with Crippen LogP contribution in [0.2, 0.25) is 0 Å². The molecule has 158 valence electrons. The summed E-state index contributed by atoms with van der Waals surface area (Å²) in [6.07, 6.45) is 0. The Balaban J connectivity index is 1.62. The van der Waals surface area contributed by atoms with Crippen LogP contribution in [0.25, 0.3) is 0 Å². The fourth-order valence-corrected chi connectivity index (χ4v) is 3.74. The second kappa shape index (κ2) is 8.86. The number of thiazole rings is 3. The number of carboxylic acids is 2. The van der Waals surface area contributed by atoms with Crippen LogP contribution in [0.15, 0.2) is 16.1 Å². The third-order valence-corrected chi connectivity index (χ3v) is 5.52. The molecule has 0 atom stereocenters. The van der Waals surface area contributed by atoms with Crippen LogP contribution >= 0.6 is 34.0 Å². The number of carboxylic acid groups (broad SMARTS) is 2. The summed E-state index contributed by atoms with van der Waals surface area (Å²) >= 11 is 1.92. The minimum absolute atomic E-state index is 0.378. The van der Waals surface area contributed by atoms with Gasteiger partial charge in [-0.3, -0.25) is 0 Å². The molecule has 3 aromatic heterocycles. The van der Waals surface area contributed by atoms with Gasteiger partial charge < -0.3 is 19.7 Å². The maximum atomic E-state index is 12.0. The highest BCUT2D eigenvalue weighted by atomic mass is 32.1. The Kier molecular flexibility index (Phi) is 6.23. The van der Waals surface area contributed by atoms with Crippen molar-refractivity contribution in [3.8, 4) is 0 Å². The lowest BCUT2D eigenvalue weighted by Crippen LogP contribution is -2.15. The molecule has 0 saturated carbocycles. The summed E-state index contributed by atoms with van der Waals surface area (Å²) in [6.45, 7) is 0. The van der Waals surface area contributed by atoms with Crippen molar-refractivity contribution < 1.29 is 48.5 Å². The van der Waals surface area contributed by atoms with Gasteiger partial charge in [0.1, 0.15) is 0 Å². The number of hydrogen-bond donors (Lipinski definition) is 2. The predicted octanol–water partition coefficient (Wildman–Crippen LogP) is 1.45. The van der Waals surface area contributed by atoms with Crippen molar-refractivity contribution in [2.45, 2.75) is 0 Å². The van der Waals surface area contributed by atoms with E-state index in [-0.39, 0.29) is 10.0 Å². The Morgan fingerprint density at radius 3 is 1.26 bits per heavy atom. The lowest BCUT2D eigenvalue weighted by molar-refractivity contribution is 0.0386. The molecule has 3 rings (SSSR count). The van der Waals surface area contributed by atoms with Crippen molar-refractivity contribution in [3.63, 3.8) is 0 Å². The van der Waals surface area contributed by atoms with E-state index in [9.17, 15) is 28.8 Å². The molecule has 0 unspecified atom stereocenters. The molecule has 2 N–H and O–H groups in total. The van der Waals surface area contributed by atoms with Gasteiger partial charge in [0.05, 0.1) is 0 Å². The second-order valence-corrected chi connectivity index (χ2v) is 7.65. The molecule has 0 fully saturated rings. The van der Waals surface area contributed by atoms with E-state index in [4.69, 9.17) is 10.2 Å². The van der Waals surface area contributed by atoms with E-state index in [0.717, 1.165) is 16.1 Å². The molecule has 0 aromatic carbocycles. The van der Waals surface area contributed by atoms with Crippen LogP contribution < -0.4 is 0 Å². The molecule has 0 aliphatic rings. The number of carbonyl (C=O) groups excluding carboxylic acids is 4. The molecule has 13 nitrogen and oxygen atoms in total. The topological polar surface area (TPSA) is 200 Å². The highest BCUT2D eigenvalue weighted by Gasteiger charge is 2.25. The first-order chi connectivity index (χ1) is 14.7. The van der Waals surface area contributed by atoms with Gasteiger partial charge in [-0.05, 0) is 0 Å². The van der Waals surface area contributed by atoms with Gasteiger partial charge in [0.2, 0.25) is 15.0 Å². The van der Waals surface area contributed by atoms with E-state index in [0.29, 0.717) is 34.0 Å². The zero-order valence-corrected chi connectivity index (χ0v) is 16.9. The number of nitrogens with zero attached hydrogens (tertiary/aromatic N) is 3. The third kappa shape index (κ3) is 5.00. The average Bonchev–Trinajstić information content (AvgIpc) is 3.48. The van der Waals surface area contributed by atoms with Crippen molar-refractivity contribution >= 4 is 69.8 Å². The number of esters is 4. The van der Waals surface area contributed by atoms with Crippen LogP contribution in [0.1, 0.15) is 60.9 Å². The quantitative estimate of drug-likeness (QED) is 0.377. The molecule has 3 aromatic rings. The summed E-state index contributed by atoms with van der Waals surface area (Å²) in [6, 6.07) is 0. The fraction of sp³-hybridized carbons (Fsp3) is 0. The van der Waals surface area contributed by atoms with Crippen LogP contribution in [0.4, 0.5) is 0 Å². The molecule has 0 spiro atoms. The zero-order chi connectivity index (χ0) is 22.7. The van der Waals surface area contributed by atoms with Crippen molar-refractivity contribution in [2.24, 2.45) is 0 Å². The Bertz CT molecular complexity index is 1150. The van der Waals surface area contributed by atoms with Crippen LogP contribution in [-0.4, -0.2) is 61.0 Å². The van der Waals surface area contributed by atoms with Crippen LogP contribution in [0.5, 0.6) is 0 Å².